The van der Waals surface area contributed by atoms with Crippen molar-refractivity contribution >= 4 is 41.4 Å². The highest BCUT2D eigenvalue weighted by molar-refractivity contribution is 5.95. The Bertz CT molecular complexity index is 1050. The van der Waals surface area contributed by atoms with Crippen molar-refractivity contribution in [2.75, 3.05) is 19.7 Å². The summed E-state index contributed by atoms with van der Waals surface area (Å²) in [5, 5.41) is 22.0. The molecule has 17 nitrogen and oxygen atoms in total. The topological polar surface area (TPSA) is 299 Å². The summed E-state index contributed by atoms with van der Waals surface area (Å²) >= 11 is 0. The fourth-order valence-corrected chi connectivity index (χ4v) is 4.33. The second-order valence-electron chi connectivity index (χ2n) is 12.2. The van der Waals surface area contributed by atoms with Gasteiger partial charge in [-0.2, -0.15) is 0 Å². The molecule has 0 rings (SSSR count). The van der Waals surface area contributed by atoms with Gasteiger partial charge in [0.2, 0.25) is 35.4 Å². The number of aliphatic imine (C=N–C) groups is 1. The van der Waals surface area contributed by atoms with Crippen molar-refractivity contribution in [2.45, 2.75) is 104 Å². The molecule has 0 aliphatic carbocycles. The van der Waals surface area contributed by atoms with Gasteiger partial charge in [0.05, 0.1) is 19.2 Å². The van der Waals surface area contributed by atoms with Crippen LogP contribution in [0, 0.1) is 17.8 Å². The van der Waals surface area contributed by atoms with E-state index in [1.807, 2.05) is 34.6 Å². The molecule has 0 bridgehead atoms. The number of aliphatic hydroxyl groups excluding tert-OH is 1. The summed E-state index contributed by atoms with van der Waals surface area (Å²) in [5.41, 5.74) is 21.9. The van der Waals surface area contributed by atoms with Crippen LogP contribution >= 0.6 is 0 Å². The molecular formula is C29H56N10O7. The quantitative estimate of drug-likeness (QED) is 0.0321. The summed E-state index contributed by atoms with van der Waals surface area (Å²) in [4.78, 5) is 80.2. The molecule has 0 saturated heterocycles. The summed E-state index contributed by atoms with van der Waals surface area (Å²) in [5.74, 6) is -4.54. The predicted molar refractivity (Wildman–Crippen MR) is 173 cm³/mol. The van der Waals surface area contributed by atoms with Crippen LogP contribution < -0.4 is 49.5 Å². The number of primary amides is 1. The highest BCUT2D eigenvalue weighted by atomic mass is 16.3. The van der Waals surface area contributed by atoms with Gasteiger partial charge in [0.25, 0.3) is 0 Å². The Balaban J connectivity index is 5.62. The summed E-state index contributed by atoms with van der Waals surface area (Å²) in [6.07, 6.45) is 1.60. The minimum absolute atomic E-state index is 0.0446. The minimum atomic E-state index is -1.33. The van der Waals surface area contributed by atoms with Crippen molar-refractivity contribution in [3.63, 3.8) is 0 Å². The molecule has 0 aliphatic rings. The van der Waals surface area contributed by atoms with Crippen LogP contribution in [-0.2, 0) is 28.8 Å². The number of carbonyl (C=O) groups excluding carboxylic acids is 6. The van der Waals surface area contributed by atoms with E-state index in [0.717, 1.165) is 0 Å². The van der Waals surface area contributed by atoms with Crippen molar-refractivity contribution in [2.24, 2.45) is 45.7 Å². The zero-order chi connectivity index (χ0) is 35.6. The highest BCUT2D eigenvalue weighted by Gasteiger charge is 2.32. The number of hydrogen-bond acceptors (Lipinski definition) is 9. The fourth-order valence-electron chi connectivity index (χ4n) is 4.33. The Labute approximate surface area is 271 Å². The first-order valence-corrected chi connectivity index (χ1v) is 15.6. The number of nitrogens with one attached hydrogen (secondary N) is 5. The summed E-state index contributed by atoms with van der Waals surface area (Å²) in [6.45, 7) is 10.0. The Morgan fingerprint density at radius 2 is 1.30 bits per heavy atom. The van der Waals surface area contributed by atoms with Gasteiger partial charge in [0.15, 0.2) is 5.96 Å². The van der Waals surface area contributed by atoms with Gasteiger partial charge in [0.1, 0.15) is 24.2 Å². The first kappa shape index (κ1) is 42.0. The van der Waals surface area contributed by atoms with E-state index in [9.17, 15) is 33.9 Å². The van der Waals surface area contributed by atoms with Crippen LogP contribution in [0.2, 0.25) is 0 Å². The van der Waals surface area contributed by atoms with E-state index in [4.69, 9.17) is 22.9 Å². The molecule has 6 atom stereocenters. The number of carbonyl (C=O) groups is 6. The van der Waals surface area contributed by atoms with Gasteiger partial charge < -0.3 is 54.6 Å². The van der Waals surface area contributed by atoms with Crippen LogP contribution in [0.3, 0.4) is 0 Å². The van der Waals surface area contributed by atoms with Crippen molar-refractivity contribution < 1.29 is 33.9 Å². The lowest BCUT2D eigenvalue weighted by atomic mass is 9.96. The van der Waals surface area contributed by atoms with Crippen LogP contribution in [0.5, 0.6) is 0 Å². The SMILES string of the molecule is CC[C@H](C)[C@H](NC(=O)CNC(=O)[C@H](CCCN=C(N)N)NC(=O)[C@H](N)CC(C)C)C(=O)N[C@H](CC(C)C)C(=O)N[C@@H](CO)C(N)=O. The third-order valence-corrected chi connectivity index (χ3v) is 7.06. The van der Waals surface area contributed by atoms with Crippen molar-refractivity contribution in [3.8, 4) is 0 Å². The Kier molecular flexibility index (Phi) is 19.8. The van der Waals surface area contributed by atoms with E-state index in [0.29, 0.717) is 19.3 Å². The summed E-state index contributed by atoms with van der Waals surface area (Å²) < 4.78 is 0. The number of guanidine groups is 1. The number of rotatable bonds is 22. The molecule has 0 aromatic heterocycles. The number of nitrogens with zero attached hydrogens (tertiary/aromatic N) is 1. The van der Waals surface area contributed by atoms with Gasteiger partial charge in [-0.1, -0.05) is 48.0 Å². The van der Waals surface area contributed by atoms with Crippen LogP contribution in [-0.4, -0.2) is 96.4 Å². The second-order valence-corrected chi connectivity index (χ2v) is 12.2. The molecule has 0 aliphatic heterocycles. The normalized spacial score (nSPS) is 15.0. The molecule has 0 unspecified atom stereocenters. The average molecular weight is 657 g/mol. The van der Waals surface area contributed by atoms with Gasteiger partial charge in [-0.05, 0) is 43.4 Å². The molecule has 0 aromatic carbocycles. The maximum atomic E-state index is 13.3. The third kappa shape index (κ3) is 16.9. The van der Waals surface area contributed by atoms with Crippen LogP contribution in [0.25, 0.3) is 0 Å². The molecular weight excluding hydrogens is 600 g/mol. The molecule has 0 fully saturated rings. The Morgan fingerprint density at radius 1 is 0.739 bits per heavy atom. The predicted octanol–water partition coefficient (Wildman–Crippen LogP) is -2.96. The van der Waals surface area contributed by atoms with Crippen LogP contribution in [0.15, 0.2) is 4.99 Å². The number of amides is 6. The van der Waals surface area contributed by atoms with Crippen molar-refractivity contribution in [3.05, 3.63) is 0 Å². The van der Waals surface area contributed by atoms with Gasteiger partial charge in [-0.25, -0.2) is 0 Å². The zero-order valence-corrected chi connectivity index (χ0v) is 27.9. The summed E-state index contributed by atoms with van der Waals surface area (Å²) in [7, 11) is 0. The molecule has 264 valence electrons. The first-order valence-electron chi connectivity index (χ1n) is 15.6. The minimum Gasteiger partial charge on any atom is -0.394 e. The lowest BCUT2D eigenvalue weighted by Gasteiger charge is -2.28. The Morgan fingerprint density at radius 3 is 1.80 bits per heavy atom. The largest absolute Gasteiger partial charge is 0.394 e. The van der Waals surface area contributed by atoms with E-state index < -0.39 is 78.8 Å². The monoisotopic (exact) mass is 656 g/mol. The van der Waals surface area contributed by atoms with Crippen molar-refractivity contribution in [1.82, 2.24) is 26.6 Å². The van der Waals surface area contributed by atoms with E-state index in [1.165, 1.54) is 0 Å². The van der Waals surface area contributed by atoms with Gasteiger partial charge in [-0.15, -0.1) is 0 Å². The van der Waals surface area contributed by atoms with Crippen molar-refractivity contribution in [1.29, 1.82) is 0 Å². The molecule has 6 amide bonds. The number of nitrogens with two attached hydrogens (primary N) is 4. The van der Waals surface area contributed by atoms with Gasteiger partial charge in [-0.3, -0.25) is 33.8 Å². The molecule has 0 spiro atoms. The number of aliphatic hydroxyl groups is 1. The zero-order valence-electron chi connectivity index (χ0n) is 27.9. The molecule has 0 radical (unpaired) electrons. The fraction of sp³-hybridized carbons (Fsp3) is 0.759. The molecule has 14 N–H and O–H groups in total. The maximum Gasteiger partial charge on any atom is 0.243 e. The third-order valence-electron chi connectivity index (χ3n) is 7.06. The second kappa shape index (κ2) is 21.7. The smallest absolute Gasteiger partial charge is 0.243 e. The van der Waals surface area contributed by atoms with Crippen LogP contribution in [0.1, 0.15) is 73.6 Å². The van der Waals surface area contributed by atoms with Crippen LogP contribution in [0.4, 0.5) is 0 Å². The average Bonchev–Trinajstić information content (AvgIpc) is 2.96. The maximum absolute atomic E-state index is 13.3. The number of hydrogen-bond donors (Lipinski definition) is 10. The molecule has 0 aromatic rings. The van der Waals surface area contributed by atoms with E-state index >= 15 is 0 Å². The van der Waals surface area contributed by atoms with E-state index in [2.05, 4.69) is 31.6 Å². The molecule has 0 saturated carbocycles. The van der Waals surface area contributed by atoms with Gasteiger partial charge in [0, 0.05) is 6.54 Å². The molecule has 46 heavy (non-hydrogen) atoms. The van der Waals surface area contributed by atoms with E-state index in [1.54, 1.807) is 6.92 Å². The standard InChI is InChI=1S/C29H56N10O7/c1-7-17(6)23(28(46)37-20(12-16(4)5)27(45)38-21(14-40)24(31)42)39-22(41)13-35-26(44)19(9-8-10-34-29(32)33)36-25(43)18(30)11-15(2)3/h15-21,23,40H,7-14,30H2,1-6H3,(H2,31,42)(H,35,44)(H,36,43)(H,37,46)(H,38,45)(H,39,41)(H4,32,33,34)/t17-,18+,19-,20+,21-,23-/m0/s1. The lowest BCUT2D eigenvalue weighted by Crippen LogP contribution is -2.59. The highest BCUT2D eigenvalue weighted by Crippen LogP contribution is 2.11. The van der Waals surface area contributed by atoms with E-state index in [-0.39, 0.29) is 43.1 Å². The Hall–Kier alpha value is -3.99. The first-order chi connectivity index (χ1) is 21.4. The lowest BCUT2D eigenvalue weighted by molar-refractivity contribution is -0.135. The molecule has 17 heteroatoms. The molecule has 0 heterocycles. The van der Waals surface area contributed by atoms with Gasteiger partial charge >= 0.3 is 0 Å². The summed E-state index contributed by atoms with van der Waals surface area (Å²) in [6, 6.07) is -5.36.